The fourth-order valence-electron chi connectivity index (χ4n) is 5.41. The molecule has 4 aromatic rings. The first kappa shape index (κ1) is 22.3. The molecule has 0 amide bonds. The molecule has 164 valence electrons. The lowest BCUT2D eigenvalue weighted by atomic mass is 9.79. The van der Waals surface area contributed by atoms with Crippen molar-refractivity contribution < 1.29 is 4.57 Å². The molecule has 0 aliphatic carbocycles. The second-order valence-corrected chi connectivity index (χ2v) is 9.95. The van der Waals surface area contributed by atoms with Gasteiger partial charge in [0.25, 0.3) is 0 Å². The smallest absolute Gasteiger partial charge is 0.198 e. The average molecular weight is 423 g/mol. The molecule has 1 nitrogen and oxygen atoms in total. The predicted molar refractivity (Wildman–Crippen MR) is 138 cm³/mol. The summed E-state index contributed by atoms with van der Waals surface area (Å²) in [5.41, 5.74) is 9.18. The van der Waals surface area contributed by atoms with E-state index in [9.17, 15) is 0 Å². The molecule has 0 aliphatic rings. The summed E-state index contributed by atoms with van der Waals surface area (Å²) < 4.78 is 2.34. The van der Waals surface area contributed by atoms with E-state index in [1.165, 1.54) is 50.0 Å². The van der Waals surface area contributed by atoms with Gasteiger partial charge in [-0.25, -0.2) is 0 Å². The Balaban J connectivity index is 1.88. The van der Waals surface area contributed by atoms with E-state index in [0.717, 1.165) is 0 Å². The first-order valence-electron chi connectivity index (χ1n) is 11.9. The number of pyridine rings is 1. The van der Waals surface area contributed by atoms with Crippen LogP contribution in [-0.4, -0.2) is 0 Å². The Morgan fingerprint density at radius 2 is 1.38 bits per heavy atom. The Morgan fingerprint density at radius 1 is 0.688 bits per heavy atom. The van der Waals surface area contributed by atoms with Gasteiger partial charge in [-0.05, 0) is 64.5 Å². The highest BCUT2D eigenvalue weighted by atomic mass is 14.9. The van der Waals surface area contributed by atoms with Crippen molar-refractivity contribution in [2.75, 3.05) is 0 Å². The van der Waals surface area contributed by atoms with E-state index in [2.05, 4.69) is 126 Å². The van der Waals surface area contributed by atoms with Crippen LogP contribution in [0.15, 0.2) is 72.8 Å². The monoisotopic (exact) mass is 422 g/mol. The molecule has 0 aliphatic heterocycles. The van der Waals surface area contributed by atoms with Gasteiger partial charge in [0.15, 0.2) is 5.69 Å². The van der Waals surface area contributed by atoms with Gasteiger partial charge in [-0.3, -0.25) is 0 Å². The van der Waals surface area contributed by atoms with Crippen LogP contribution < -0.4 is 4.57 Å². The Kier molecular flexibility index (Phi) is 6.20. The van der Waals surface area contributed by atoms with Crippen LogP contribution in [-0.2, 0) is 7.05 Å². The van der Waals surface area contributed by atoms with Crippen LogP contribution in [0.2, 0.25) is 0 Å². The van der Waals surface area contributed by atoms with Crippen LogP contribution in [0.3, 0.4) is 0 Å². The first-order chi connectivity index (χ1) is 15.3. The molecule has 1 aromatic heterocycles. The number of hydrogen-bond acceptors (Lipinski definition) is 0. The van der Waals surface area contributed by atoms with E-state index < -0.39 is 0 Å². The van der Waals surface area contributed by atoms with Crippen LogP contribution in [0.25, 0.3) is 33.2 Å². The molecule has 32 heavy (non-hydrogen) atoms. The Labute approximate surface area is 193 Å². The zero-order valence-corrected chi connectivity index (χ0v) is 20.6. The Bertz CT molecular complexity index is 1240. The predicted octanol–water partition coefficient (Wildman–Crippen LogP) is 8.01. The maximum Gasteiger partial charge on any atom is 0.220 e. The highest BCUT2D eigenvalue weighted by molar-refractivity contribution is 5.94. The zero-order chi connectivity index (χ0) is 23.0. The van der Waals surface area contributed by atoms with E-state index in [0.29, 0.717) is 17.8 Å². The largest absolute Gasteiger partial charge is 0.220 e. The minimum atomic E-state index is 0.573. The van der Waals surface area contributed by atoms with Crippen molar-refractivity contribution in [3.63, 3.8) is 0 Å². The maximum atomic E-state index is 2.43. The molecule has 1 heterocycles. The highest BCUT2D eigenvalue weighted by Gasteiger charge is 2.23. The topological polar surface area (TPSA) is 3.88 Å². The molecule has 1 heteroatoms. The second-order valence-electron chi connectivity index (χ2n) is 9.95. The third-order valence-corrected chi connectivity index (χ3v) is 6.97. The van der Waals surface area contributed by atoms with Crippen molar-refractivity contribution in [2.24, 2.45) is 18.9 Å². The summed E-state index contributed by atoms with van der Waals surface area (Å²) in [5.74, 6) is 1.82. The molecule has 0 unspecified atom stereocenters. The van der Waals surface area contributed by atoms with E-state index >= 15 is 0 Å². The molecule has 0 radical (unpaired) electrons. The molecule has 0 bridgehead atoms. The highest BCUT2D eigenvalue weighted by Crippen LogP contribution is 2.36. The molecule has 0 saturated carbocycles. The summed E-state index contributed by atoms with van der Waals surface area (Å²) in [6.45, 7) is 13.8. The van der Waals surface area contributed by atoms with Crippen molar-refractivity contribution in [3.8, 4) is 22.4 Å². The molecule has 0 N–H and O–H groups in total. The molecular formula is C31H36N+. The number of hydrogen-bond donors (Lipinski definition) is 0. The quantitative estimate of drug-likeness (QED) is 0.287. The van der Waals surface area contributed by atoms with E-state index in [1.807, 2.05) is 0 Å². The minimum absolute atomic E-state index is 0.573. The van der Waals surface area contributed by atoms with Crippen molar-refractivity contribution in [2.45, 2.75) is 47.5 Å². The van der Waals surface area contributed by atoms with Crippen LogP contribution >= 0.6 is 0 Å². The average Bonchev–Trinajstić information content (AvgIpc) is 2.75. The standard InChI is InChI=1S/C31H36N/c1-20(2)30(21(3)4)26-14-16-29-27(19-26)18-23(6)32(7)31(29)28-15-13-25(17-22(28)5)24-11-9-8-10-12-24/h8-21,30H,1-7H3/q+1. The fourth-order valence-corrected chi connectivity index (χ4v) is 5.41. The van der Waals surface area contributed by atoms with Crippen molar-refractivity contribution in [1.29, 1.82) is 0 Å². The van der Waals surface area contributed by atoms with E-state index in [4.69, 9.17) is 0 Å². The Morgan fingerprint density at radius 3 is 2.00 bits per heavy atom. The SMILES string of the molecule is Cc1cc(-c2ccccc2)ccc1-c1c2ccc(C(C(C)C)C(C)C)cc2cc(C)[n+]1C. The molecule has 4 rings (SSSR count). The fraction of sp³-hybridized carbons (Fsp3) is 0.323. The number of rotatable bonds is 5. The van der Waals surface area contributed by atoms with Gasteiger partial charge in [0, 0.05) is 18.6 Å². The second kappa shape index (κ2) is 8.90. The van der Waals surface area contributed by atoms with Crippen molar-refractivity contribution in [3.05, 3.63) is 89.6 Å². The molecule has 3 aromatic carbocycles. The maximum absolute atomic E-state index is 2.43. The molecular weight excluding hydrogens is 386 g/mol. The normalized spacial score (nSPS) is 11.8. The first-order valence-corrected chi connectivity index (χ1v) is 11.9. The lowest BCUT2D eigenvalue weighted by Gasteiger charge is -2.25. The van der Waals surface area contributed by atoms with Gasteiger partial charge in [-0.2, -0.15) is 4.57 Å². The van der Waals surface area contributed by atoms with Gasteiger partial charge >= 0.3 is 0 Å². The Hall–Kier alpha value is -2.93. The van der Waals surface area contributed by atoms with Crippen molar-refractivity contribution >= 4 is 10.8 Å². The van der Waals surface area contributed by atoms with Gasteiger partial charge in [0.2, 0.25) is 5.69 Å². The number of fused-ring (bicyclic) bond motifs is 1. The molecule has 0 atom stereocenters. The lowest BCUT2D eigenvalue weighted by molar-refractivity contribution is -0.665. The summed E-state index contributed by atoms with van der Waals surface area (Å²) in [4.78, 5) is 0. The third-order valence-electron chi connectivity index (χ3n) is 6.97. The summed E-state index contributed by atoms with van der Waals surface area (Å²) in [6.07, 6.45) is 0. The van der Waals surface area contributed by atoms with Gasteiger partial charge in [-0.15, -0.1) is 0 Å². The van der Waals surface area contributed by atoms with Gasteiger partial charge in [0.05, 0.1) is 5.39 Å². The summed E-state index contributed by atoms with van der Waals surface area (Å²) in [6, 6.07) is 27.0. The third kappa shape index (κ3) is 4.09. The number of benzene rings is 3. The zero-order valence-electron chi connectivity index (χ0n) is 20.6. The van der Waals surface area contributed by atoms with Crippen molar-refractivity contribution in [1.82, 2.24) is 0 Å². The van der Waals surface area contributed by atoms with Crippen LogP contribution in [0.1, 0.15) is 50.4 Å². The number of nitrogens with zero attached hydrogens (tertiary/aromatic N) is 1. The van der Waals surface area contributed by atoms with Gasteiger partial charge in [0.1, 0.15) is 7.05 Å². The minimum Gasteiger partial charge on any atom is -0.198 e. The summed E-state index contributed by atoms with van der Waals surface area (Å²) in [5, 5.41) is 2.66. The lowest BCUT2D eigenvalue weighted by Crippen LogP contribution is -2.35. The molecule has 0 fully saturated rings. The van der Waals surface area contributed by atoms with Gasteiger partial charge in [-0.1, -0.05) is 82.3 Å². The van der Waals surface area contributed by atoms with Crippen LogP contribution in [0.5, 0.6) is 0 Å². The molecule has 0 spiro atoms. The van der Waals surface area contributed by atoms with Crippen LogP contribution in [0.4, 0.5) is 0 Å². The van der Waals surface area contributed by atoms with E-state index in [-0.39, 0.29) is 0 Å². The summed E-state index contributed by atoms with van der Waals surface area (Å²) in [7, 11) is 2.19. The molecule has 0 saturated heterocycles. The number of aryl methyl sites for hydroxylation is 2. The van der Waals surface area contributed by atoms with E-state index in [1.54, 1.807) is 0 Å². The number of aromatic nitrogens is 1. The van der Waals surface area contributed by atoms with Crippen LogP contribution in [0, 0.1) is 25.7 Å². The van der Waals surface area contributed by atoms with Gasteiger partial charge < -0.3 is 0 Å². The summed E-state index contributed by atoms with van der Waals surface area (Å²) >= 11 is 0.